The normalized spacial score (nSPS) is 12.5. The quantitative estimate of drug-likeness (QED) is 0.158. The molecule has 4 aromatic rings. The minimum Gasteiger partial charge on any atom is -0.0622 e. The van der Waals surface area contributed by atoms with Gasteiger partial charge in [0.1, 0.15) is 0 Å². The van der Waals surface area contributed by atoms with E-state index in [0.717, 1.165) is 6.42 Å². The largest absolute Gasteiger partial charge is 0.0622 e. The molecule has 34 heavy (non-hydrogen) atoms. The van der Waals surface area contributed by atoms with Crippen molar-refractivity contribution >= 4 is 46.8 Å². The molecule has 4 aromatic carbocycles. The summed E-state index contributed by atoms with van der Waals surface area (Å²) in [5, 5.41) is 5.83. The van der Waals surface area contributed by atoms with Crippen LogP contribution in [0.5, 0.6) is 0 Å². The number of hydrogen-bond donors (Lipinski definition) is 0. The van der Waals surface area contributed by atoms with Crippen LogP contribution in [0.1, 0.15) is 6.42 Å². The minimum atomic E-state index is -0.409. The molecule has 0 fully saturated rings. The van der Waals surface area contributed by atoms with E-state index in [-0.39, 0.29) is 16.1 Å². The number of allylic oxidation sites excluding steroid dienone is 4. The van der Waals surface area contributed by atoms with Gasteiger partial charge in [0.2, 0.25) is 0 Å². The number of halogens is 1. The topological polar surface area (TPSA) is 0 Å². The molecule has 0 unspecified atom stereocenters. The zero-order valence-electron chi connectivity index (χ0n) is 18.8. The molecule has 4 heteroatoms. The first kappa shape index (κ1) is 25.2. The molecule has 0 spiro atoms. The Morgan fingerprint density at radius 2 is 0.912 bits per heavy atom. The van der Waals surface area contributed by atoms with Gasteiger partial charge in [0.15, 0.2) is 0 Å². The van der Waals surface area contributed by atoms with Crippen LogP contribution in [0.4, 0.5) is 0 Å². The van der Waals surface area contributed by atoms with E-state index in [1.807, 2.05) is 0 Å². The van der Waals surface area contributed by atoms with Crippen LogP contribution >= 0.6 is 25.5 Å². The summed E-state index contributed by atoms with van der Waals surface area (Å²) in [5.41, 5.74) is 0. The van der Waals surface area contributed by atoms with Crippen LogP contribution in [0.25, 0.3) is 0 Å². The molecule has 0 heterocycles. The van der Waals surface area contributed by atoms with Crippen molar-refractivity contribution in [3.05, 3.63) is 144 Å². The second-order valence-corrected chi connectivity index (χ2v) is 14.8. The molecule has 5 rings (SSSR count). The molecule has 0 aromatic heterocycles. The predicted molar refractivity (Wildman–Crippen MR) is 151 cm³/mol. The van der Waals surface area contributed by atoms with Crippen molar-refractivity contribution in [1.82, 2.24) is 0 Å². The summed E-state index contributed by atoms with van der Waals surface area (Å²) in [6, 6.07) is 44.1. The van der Waals surface area contributed by atoms with E-state index in [9.17, 15) is 0 Å². The molecule has 172 valence electrons. The first-order chi connectivity index (χ1) is 16.8. The van der Waals surface area contributed by atoms with Crippen molar-refractivity contribution in [2.75, 3.05) is 5.90 Å². The van der Waals surface area contributed by atoms with Crippen LogP contribution in [-0.2, 0) is 16.1 Å². The van der Waals surface area contributed by atoms with Crippen LogP contribution in [0.3, 0.4) is 0 Å². The van der Waals surface area contributed by atoms with Gasteiger partial charge in [0.25, 0.3) is 0 Å². The molecule has 0 atom stereocenters. The van der Waals surface area contributed by atoms with E-state index < -0.39 is 15.8 Å². The number of rotatable bonds is 7. The second-order valence-electron chi connectivity index (χ2n) is 7.64. The molecule has 1 aliphatic carbocycles. The maximum atomic E-state index is 5.59. The van der Waals surface area contributed by atoms with Gasteiger partial charge >= 0.3 is 54.6 Å². The molecule has 0 saturated carbocycles. The van der Waals surface area contributed by atoms with E-state index >= 15 is 0 Å². The Balaban J connectivity index is 0.000000336. The summed E-state index contributed by atoms with van der Waals surface area (Å²) >= 11 is 0.0225. The molecule has 0 radical (unpaired) electrons. The SMILES string of the molecule is [Cl][Ru][C]1=CC=CC1.c1ccc(P(CP(c2ccccc2)c2ccccc2)c2ccccc2)cc1. The molecule has 0 N–H and O–H groups in total. The first-order valence-electron chi connectivity index (χ1n) is 11.2. The van der Waals surface area contributed by atoms with Gasteiger partial charge in [-0.25, -0.2) is 0 Å². The molecule has 0 aliphatic heterocycles. The van der Waals surface area contributed by atoms with Crippen LogP contribution in [0.15, 0.2) is 144 Å². The summed E-state index contributed by atoms with van der Waals surface area (Å²) in [6.45, 7) is 0. The number of hydrogen-bond acceptors (Lipinski definition) is 0. The molecular weight excluding hydrogens is 559 g/mol. The Kier molecular flexibility index (Phi) is 10.3. The van der Waals surface area contributed by atoms with Gasteiger partial charge in [-0.05, 0) is 37.1 Å². The van der Waals surface area contributed by atoms with E-state index in [4.69, 9.17) is 9.69 Å². The molecule has 1 aliphatic rings. The Bertz CT molecular complexity index is 1020. The summed E-state index contributed by atoms with van der Waals surface area (Å²) < 4.78 is 1.41. The van der Waals surface area contributed by atoms with Crippen LogP contribution < -0.4 is 21.2 Å². The Morgan fingerprint density at radius 1 is 0.559 bits per heavy atom. The van der Waals surface area contributed by atoms with Gasteiger partial charge in [-0.3, -0.25) is 0 Å². The fourth-order valence-corrected chi connectivity index (χ4v) is 11.3. The van der Waals surface area contributed by atoms with Crippen LogP contribution in [0.2, 0.25) is 0 Å². The Morgan fingerprint density at radius 3 is 1.15 bits per heavy atom. The third-order valence-electron chi connectivity index (χ3n) is 5.36. The average molecular weight is 586 g/mol. The fourth-order valence-electron chi connectivity index (χ4n) is 3.66. The molecular formula is C30H27ClP2Ru. The summed E-state index contributed by atoms with van der Waals surface area (Å²) in [7, 11) is 4.77. The van der Waals surface area contributed by atoms with Crippen molar-refractivity contribution < 1.29 is 16.1 Å². The molecule has 0 saturated heterocycles. The van der Waals surface area contributed by atoms with Gasteiger partial charge < -0.3 is 0 Å². The summed E-state index contributed by atoms with van der Waals surface area (Å²) in [4.78, 5) is 0. The minimum absolute atomic E-state index is 0.0225. The average Bonchev–Trinajstić information content (AvgIpc) is 3.46. The van der Waals surface area contributed by atoms with Crippen molar-refractivity contribution in [2.45, 2.75) is 6.42 Å². The second kappa shape index (κ2) is 13.9. The standard InChI is InChI=1S/C25H22P2.C5H5.ClH.Ru/c1-5-13-22(14-6-1)26(23-15-7-2-8-16-23)21-27(24-17-9-3-10-18-24)25-19-11-4-12-20-25;1-2-4-5-3-1;;/h1-20H,21H2;1-3H,4H2;1H;/q;;;+1/p-1. The van der Waals surface area contributed by atoms with Crippen molar-refractivity contribution in [2.24, 2.45) is 0 Å². The third-order valence-corrected chi connectivity index (χ3v) is 13.4. The molecule has 0 amide bonds. The maximum Gasteiger partial charge on any atom is 0.00405 e. The zero-order chi connectivity index (χ0) is 23.4. The Hall–Kier alpha value is -1.87. The maximum absolute atomic E-state index is 5.59. The van der Waals surface area contributed by atoms with E-state index in [1.54, 1.807) is 0 Å². The number of benzene rings is 4. The van der Waals surface area contributed by atoms with Crippen molar-refractivity contribution in [1.29, 1.82) is 0 Å². The van der Waals surface area contributed by atoms with Gasteiger partial charge in [-0.2, -0.15) is 0 Å². The van der Waals surface area contributed by atoms with Gasteiger partial charge in [0, 0.05) is 5.90 Å². The van der Waals surface area contributed by atoms with E-state index in [0.29, 0.717) is 0 Å². The zero-order valence-corrected chi connectivity index (χ0v) is 23.1. The fraction of sp³-hybridized carbons (Fsp3) is 0.0667. The Labute approximate surface area is 217 Å². The van der Waals surface area contributed by atoms with Crippen molar-refractivity contribution in [3.8, 4) is 0 Å². The molecule has 0 bridgehead atoms. The van der Waals surface area contributed by atoms with E-state index in [2.05, 4.69) is 140 Å². The van der Waals surface area contributed by atoms with Gasteiger partial charge in [-0.1, -0.05) is 121 Å². The first-order valence-corrected chi connectivity index (χ1v) is 17.4. The summed E-state index contributed by atoms with van der Waals surface area (Å²) in [6.07, 6.45) is 7.39. The predicted octanol–water partition coefficient (Wildman–Crippen LogP) is 7.28. The smallest absolute Gasteiger partial charge is 0.00405 e. The van der Waals surface area contributed by atoms with Gasteiger partial charge in [0.05, 0.1) is 0 Å². The third kappa shape index (κ3) is 7.31. The van der Waals surface area contributed by atoms with Crippen LogP contribution in [-0.4, -0.2) is 5.90 Å². The van der Waals surface area contributed by atoms with Crippen molar-refractivity contribution in [3.63, 3.8) is 0 Å². The summed E-state index contributed by atoms with van der Waals surface area (Å²) in [5.74, 6) is 1.17. The van der Waals surface area contributed by atoms with Crippen LogP contribution in [0, 0.1) is 0 Å². The monoisotopic (exact) mass is 586 g/mol. The molecule has 0 nitrogen and oxygen atoms in total. The van der Waals surface area contributed by atoms with E-state index in [1.165, 1.54) is 31.3 Å². The van der Waals surface area contributed by atoms with Gasteiger partial charge in [-0.15, -0.1) is 0 Å².